The van der Waals surface area contributed by atoms with E-state index in [2.05, 4.69) is 14.9 Å². The summed E-state index contributed by atoms with van der Waals surface area (Å²) < 4.78 is 1.84. The molecule has 1 aliphatic heterocycles. The number of thiazole rings is 1. The smallest absolute Gasteiger partial charge is 0.330 e. The van der Waals surface area contributed by atoms with E-state index >= 15 is 0 Å². The Labute approximate surface area is 137 Å². The van der Waals surface area contributed by atoms with Crippen molar-refractivity contribution < 1.29 is 9.90 Å². The van der Waals surface area contributed by atoms with Crippen LogP contribution in [0.5, 0.6) is 0 Å². The van der Waals surface area contributed by atoms with E-state index < -0.39 is 11.5 Å². The number of aromatic nitrogens is 3. The number of carboxylic acids is 1. The molecule has 1 saturated heterocycles. The zero-order valence-electron chi connectivity index (χ0n) is 12.4. The van der Waals surface area contributed by atoms with E-state index in [4.69, 9.17) is 0 Å². The largest absolute Gasteiger partial charge is 0.479 e. The molecule has 0 amide bonds. The second-order valence-electron chi connectivity index (χ2n) is 5.74. The Morgan fingerprint density at radius 1 is 1.22 bits per heavy atom. The van der Waals surface area contributed by atoms with Crippen LogP contribution in [-0.4, -0.2) is 38.7 Å². The van der Waals surface area contributed by atoms with Crippen molar-refractivity contribution in [2.24, 2.45) is 0 Å². The molecule has 3 heterocycles. The maximum Gasteiger partial charge on any atom is 0.330 e. The third-order valence-corrected chi connectivity index (χ3v) is 5.43. The first kappa shape index (κ1) is 14.2. The van der Waals surface area contributed by atoms with Crippen molar-refractivity contribution in [2.45, 2.75) is 18.4 Å². The van der Waals surface area contributed by atoms with Crippen molar-refractivity contribution in [3.8, 4) is 0 Å². The highest BCUT2D eigenvalue weighted by atomic mass is 32.1. The number of aliphatic carboxylic acids is 1. The lowest BCUT2D eigenvalue weighted by molar-refractivity contribution is -0.148. The third kappa shape index (κ3) is 2.19. The molecule has 118 valence electrons. The molecule has 0 aliphatic carbocycles. The highest BCUT2D eigenvalue weighted by molar-refractivity contribution is 7.13. The Balaban J connectivity index is 1.70. The molecule has 3 aromatic rings. The topological polar surface area (TPSA) is 71.2 Å². The van der Waals surface area contributed by atoms with Crippen LogP contribution >= 0.6 is 11.3 Å². The van der Waals surface area contributed by atoms with E-state index in [9.17, 15) is 9.90 Å². The van der Waals surface area contributed by atoms with Gasteiger partial charge in [0.25, 0.3) is 0 Å². The number of hydrogen-bond donors (Lipinski definition) is 1. The summed E-state index contributed by atoms with van der Waals surface area (Å²) in [5, 5.41) is 12.9. The van der Waals surface area contributed by atoms with Gasteiger partial charge in [0.15, 0.2) is 5.13 Å². The fourth-order valence-electron chi connectivity index (χ4n) is 3.30. The molecule has 2 aromatic heterocycles. The van der Waals surface area contributed by atoms with Gasteiger partial charge < -0.3 is 14.6 Å². The van der Waals surface area contributed by atoms with Crippen LogP contribution in [0.4, 0.5) is 5.13 Å². The molecule has 4 rings (SSSR count). The second kappa shape index (κ2) is 5.34. The van der Waals surface area contributed by atoms with E-state index in [0.29, 0.717) is 25.9 Å². The molecule has 6 nitrogen and oxygen atoms in total. The van der Waals surface area contributed by atoms with E-state index in [0.717, 1.165) is 16.2 Å². The molecule has 23 heavy (non-hydrogen) atoms. The summed E-state index contributed by atoms with van der Waals surface area (Å²) in [6, 6.07) is 7.67. The number of fused-ring (bicyclic) bond motifs is 1. The first-order valence-electron chi connectivity index (χ1n) is 7.51. The molecule has 7 heteroatoms. The van der Waals surface area contributed by atoms with E-state index in [1.54, 1.807) is 23.9 Å². The number of carbonyl (C=O) groups is 1. The van der Waals surface area contributed by atoms with E-state index in [1.807, 2.05) is 34.2 Å². The molecule has 0 atom stereocenters. The van der Waals surface area contributed by atoms with Gasteiger partial charge in [0.1, 0.15) is 5.54 Å². The number of carboxylic acid groups (broad SMARTS) is 1. The summed E-state index contributed by atoms with van der Waals surface area (Å²) in [6.07, 6.45) is 4.50. The monoisotopic (exact) mass is 328 g/mol. The zero-order valence-corrected chi connectivity index (χ0v) is 13.2. The van der Waals surface area contributed by atoms with Crippen molar-refractivity contribution in [3.63, 3.8) is 0 Å². The lowest BCUT2D eigenvalue weighted by Gasteiger charge is -2.39. The first-order chi connectivity index (χ1) is 11.2. The van der Waals surface area contributed by atoms with Crippen LogP contribution in [-0.2, 0) is 10.3 Å². The lowest BCUT2D eigenvalue weighted by atomic mass is 9.87. The van der Waals surface area contributed by atoms with E-state index in [-0.39, 0.29) is 0 Å². The molecule has 1 fully saturated rings. The van der Waals surface area contributed by atoms with Gasteiger partial charge in [-0.05, 0) is 25.0 Å². The fourth-order valence-corrected chi connectivity index (χ4v) is 3.99. The lowest BCUT2D eigenvalue weighted by Crippen LogP contribution is -2.51. The fraction of sp³-hybridized carbons (Fsp3) is 0.312. The quantitative estimate of drug-likeness (QED) is 0.800. The molecule has 0 unspecified atom stereocenters. The highest BCUT2D eigenvalue weighted by Gasteiger charge is 2.44. The van der Waals surface area contributed by atoms with Gasteiger partial charge in [-0.2, -0.15) is 0 Å². The normalized spacial score (nSPS) is 17.5. The Bertz CT molecular complexity index is 835. The Morgan fingerprint density at radius 2 is 2.00 bits per heavy atom. The summed E-state index contributed by atoms with van der Waals surface area (Å²) >= 11 is 1.59. The van der Waals surface area contributed by atoms with Gasteiger partial charge in [0, 0.05) is 24.7 Å². The Kier molecular flexibility index (Phi) is 3.30. The highest BCUT2D eigenvalue weighted by Crippen LogP contribution is 2.35. The summed E-state index contributed by atoms with van der Waals surface area (Å²) in [7, 11) is 0. The van der Waals surface area contributed by atoms with Crippen LogP contribution in [0.3, 0.4) is 0 Å². The molecule has 1 aromatic carbocycles. The predicted octanol–water partition coefficient (Wildman–Crippen LogP) is 2.57. The van der Waals surface area contributed by atoms with Gasteiger partial charge in [-0.15, -0.1) is 11.3 Å². The number of hydrogen-bond acceptors (Lipinski definition) is 5. The Morgan fingerprint density at radius 3 is 2.70 bits per heavy atom. The van der Waals surface area contributed by atoms with Gasteiger partial charge in [0.05, 0.1) is 17.4 Å². The van der Waals surface area contributed by atoms with Crippen molar-refractivity contribution in [3.05, 3.63) is 42.2 Å². The first-order valence-corrected chi connectivity index (χ1v) is 8.39. The second-order valence-corrected chi connectivity index (χ2v) is 6.61. The predicted molar refractivity (Wildman–Crippen MR) is 88.9 cm³/mol. The number of para-hydroxylation sites is 2. The van der Waals surface area contributed by atoms with Gasteiger partial charge in [-0.1, -0.05) is 12.1 Å². The minimum atomic E-state index is -0.941. The standard InChI is InChI=1S/C16H16N4O2S/c21-14(22)16(20-11-18-12-3-1-2-4-13(12)20)5-8-19(9-6-16)15-17-7-10-23-15/h1-4,7,10-11H,5-6,8-9H2,(H,21,22). The number of benzene rings is 1. The molecule has 0 radical (unpaired) electrons. The van der Waals surface area contributed by atoms with Gasteiger partial charge in [-0.25, -0.2) is 14.8 Å². The van der Waals surface area contributed by atoms with Crippen molar-refractivity contribution in [1.29, 1.82) is 0 Å². The SMILES string of the molecule is O=C(O)C1(n2cnc3ccccc32)CCN(c2nccs2)CC1. The van der Waals surface area contributed by atoms with Crippen LogP contribution < -0.4 is 4.90 Å². The van der Waals surface area contributed by atoms with E-state index in [1.165, 1.54) is 0 Å². The Hall–Kier alpha value is -2.41. The summed E-state index contributed by atoms with van der Waals surface area (Å²) in [4.78, 5) is 23.0. The van der Waals surface area contributed by atoms with Crippen LogP contribution in [0.25, 0.3) is 11.0 Å². The molecule has 0 bridgehead atoms. The molecule has 1 N–H and O–H groups in total. The minimum Gasteiger partial charge on any atom is -0.479 e. The number of imidazole rings is 1. The van der Waals surface area contributed by atoms with Crippen LogP contribution in [0.1, 0.15) is 12.8 Å². The zero-order chi connectivity index (χ0) is 15.9. The molecule has 0 spiro atoms. The summed E-state index contributed by atoms with van der Waals surface area (Å²) in [6.45, 7) is 1.35. The van der Waals surface area contributed by atoms with Gasteiger partial charge >= 0.3 is 5.97 Å². The van der Waals surface area contributed by atoms with Gasteiger partial charge in [-0.3, -0.25) is 0 Å². The van der Waals surface area contributed by atoms with Crippen molar-refractivity contribution in [2.75, 3.05) is 18.0 Å². The maximum atomic E-state index is 12.1. The van der Waals surface area contributed by atoms with Crippen molar-refractivity contribution in [1.82, 2.24) is 14.5 Å². The molecule has 1 aliphatic rings. The summed E-state index contributed by atoms with van der Waals surface area (Å²) in [5.41, 5.74) is 0.761. The number of anilines is 1. The van der Waals surface area contributed by atoms with Crippen LogP contribution in [0.15, 0.2) is 42.2 Å². The van der Waals surface area contributed by atoms with Crippen LogP contribution in [0, 0.1) is 0 Å². The van der Waals surface area contributed by atoms with Gasteiger partial charge in [0.2, 0.25) is 0 Å². The molecular formula is C16H16N4O2S. The average Bonchev–Trinajstić information content (AvgIpc) is 3.25. The average molecular weight is 328 g/mol. The molecule has 0 saturated carbocycles. The maximum absolute atomic E-state index is 12.1. The summed E-state index contributed by atoms with van der Waals surface area (Å²) in [5.74, 6) is -0.792. The number of nitrogens with zero attached hydrogens (tertiary/aromatic N) is 4. The van der Waals surface area contributed by atoms with Crippen molar-refractivity contribution >= 4 is 33.5 Å². The number of rotatable bonds is 3. The number of piperidine rings is 1. The third-order valence-electron chi connectivity index (χ3n) is 4.59. The molecular weight excluding hydrogens is 312 g/mol. The minimum absolute atomic E-state index is 0.530. The van der Waals surface area contributed by atoms with Crippen LogP contribution in [0.2, 0.25) is 0 Å².